The summed E-state index contributed by atoms with van der Waals surface area (Å²) in [5.41, 5.74) is 10.7. The molecule has 0 saturated carbocycles. The Morgan fingerprint density at radius 1 is 0.411 bits per heavy atom. The van der Waals surface area contributed by atoms with Gasteiger partial charge in [-0.25, -0.2) is 9.97 Å². The minimum absolute atomic E-state index is 0.00885. The zero-order chi connectivity index (χ0) is 41.0. The van der Waals surface area contributed by atoms with Crippen LogP contribution in [0, 0.1) is 24.7 Å². The van der Waals surface area contributed by atoms with E-state index in [0.717, 1.165) is 33.5 Å². The van der Waals surface area contributed by atoms with Gasteiger partial charge in [0.15, 0.2) is 0 Å². The van der Waals surface area contributed by atoms with Crippen molar-refractivity contribution in [2.24, 2.45) is 10.8 Å². The van der Waals surface area contributed by atoms with Gasteiger partial charge in [-0.15, -0.1) is 22.7 Å². The SMILES string of the molecule is Cc1c(C)c2cc(C(C)(C)C(C)(C)c3ccc(C(C)(C)C(C)(C)C)c4nc(-c5ccccc5)c(-c5ccccc5)nc34)sc2c2sc(C(C)(C)C(C)(C)C)cc12. The predicted molar refractivity (Wildman–Crippen MR) is 248 cm³/mol. The van der Waals surface area contributed by atoms with Crippen LogP contribution in [0.2, 0.25) is 0 Å². The van der Waals surface area contributed by atoms with E-state index >= 15 is 0 Å². The molecular weight excluding hydrogens is 717 g/mol. The lowest BCUT2D eigenvalue weighted by Gasteiger charge is -2.43. The van der Waals surface area contributed by atoms with E-state index in [0.29, 0.717) is 0 Å². The fourth-order valence-corrected chi connectivity index (χ4v) is 11.0. The maximum atomic E-state index is 5.75. The monoisotopic (exact) mass is 778 g/mol. The van der Waals surface area contributed by atoms with Crippen molar-refractivity contribution < 1.29 is 0 Å². The molecule has 0 amide bonds. The molecule has 2 nitrogen and oxygen atoms in total. The topological polar surface area (TPSA) is 25.8 Å². The lowest BCUT2D eigenvalue weighted by atomic mass is 9.61. The minimum Gasteiger partial charge on any atom is -0.244 e. The molecule has 3 heterocycles. The summed E-state index contributed by atoms with van der Waals surface area (Å²) in [5, 5.41) is 2.81. The Bertz CT molecular complexity index is 2600. The molecule has 0 aliphatic carbocycles. The zero-order valence-corrected chi connectivity index (χ0v) is 38.4. The molecule has 56 heavy (non-hydrogen) atoms. The Morgan fingerprint density at radius 2 is 0.768 bits per heavy atom. The van der Waals surface area contributed by atoms with Gasteiger partial charge in [0.1, 0.15) is 0 Å². The average Bonchev–Trinajstić information content (AvgIpc) is 3.79. The number of fused-ring (bicyclic) bond motifs is 4. The minimum atomic E-state index is -0.315. The number of hydrogen-bond acceptors (Lipinski definition) is 4. The first-order valence-electron chi connectivity index (χ1n) is 20.3. The summed E-state index contributed by atoms with van der Waals surface area (Å²) in [7, 11) is 0. The van der Waals surface area contributed by atoms with Crippen molar-refractivity contribution >= 4 is 53.9 Å². The van der Waals surface area contributed by atoms with Gasteiger partial charge >= 0.3 is 0 Å². The molecule has 0 radical (unpaired) electrons. The summed E-state index contributed by atoms with van der Waals surface area (Å²) in [6, 6.07) is 31.0. The number of aromatic nitrogens is 2. The second-order valence-electron chi connectivity index (χ2n) is 20.5. The van der Waals surface area contributed by atoms with Gasteiger partial charge in [0.25, 0.3) is 0 Å². The van der Waals surface area contributed by atoms with E-state index in [-0.39, 0.29) is 32.5 Å². The lowest BCUT2D eigenvalue weighted by molar-refractivity contribution is 0.227. The summed E-state index contributed by atoms with van der Waals surface area (Å²) >= 11 is 4.01. The van der Waals surface area contributed by atoms with Gasteiger partial charge in [-0.2, -0.15) is 0 Å². The summed E-state index contributed by atoms with van der Waals surface area (Å²) in [4.78, 5) is 14.3. The molecule has 0 atom stereocenters. The predicted octanol–water partition coefficient (Wildman–Crippen LogP) is 15.9. The van der Waals surface area contributed by atoms with Crippen molar-refractivity contribution in [2.75, 3.05) is 0 Å². The van der Waals surface area contributed by atoms with E-state index in [1.807, 2.05) is 22.7 Å². The fourth-order valence-electron chi connectivity index (χ4n) is 7.85. The first kappa shape index (κ1) is 40.3. The molecule has 0 bridgehead atoms. The van der Waals surface area contributed by atoms with E-state index in [1.54, 1.807) is 0 Å². The highest BCUT2D eigenvalue weighted by Crippen LogP contribution is 2.54. The molecule has 0 aliphatic heterocycles. The summed E-state index contributed by atoms with van der Waals surface area (Å²) in [6.07, 6.45) is 0. The number of nitrogens with zero attached hydrogens (tertiary/aromatic N) is 2. The number of thiophene rings is 2. The van der Waals surface area contributed by atoms with E-state index in [2.05, 4.69) is 196 Å². The van der Waals surface area contributed by atoms with Crippen LogP contribution in [0.4, 0.5) is 0 Å². The molecule has 7 rings (SSSR count). The molecule has 3 aromatic heterocycles. The molecule has 0 N–H and O–H groups in total. The molecule has 292 valence electrons. The molecule has 0 unspecified atom stereocenters. The smallest absolute Gasteiger partial charge is 0.0973 e. The number of benzene rings is 4. The van der Waals surface area contributed by atoms with Gasteiger partial charge in [-0.05, 0) is 75.3 Å². The van der Waals surface area contributed by atoms with Crippen LogP contribution in [0.25, 0.3) is 53.7 Å². The Hall–Kier alpha value is -3.86. The number of rotatable bonds is 7. The number of hydrogen-bond donors (Lipinski definition) is 0. The molecule has 0 spiro atoms. The van der Waals surface area contributed by atoms with Crippen molar-refractivity contribution in [3.05, 3.63) is 117 Å². The highest BCUT2D eigenvalue weighted by molar-refractivity contribution is 7.27. The second kappa shape index (κ2) is 13.3. The third-order valence-electron chi connectivity index (χ3n) is 14.8. The highest BCUT2D eigenvalue weighted by Gasteiger charge is 2.45. The van der Waals surface area contributed by atoms with Crippen molar-refractivity contribution in [3.8, 4) is 22.5 Å². The lowest BCUT2D eigenvalue weighted by Crippen LogP contribution is -2.40. The van der Waals surface area contributed by atoms with Crippen LogP contribution in [-0.2, 0) is 21.7 Å². The van der Waals surface area contributed by atoms with E-state index in [1.165, 1.54) is 52.2 Å². The quantitative estimate of drug-likeness (QED) is 0.161. The highest BCUT2D eigenvalue weighted by atomic mass is 32.1. The maximum Gasteiger partial charge on any atom is 0.0973 e. The summed E-state index contributed by atoms with van der Waals surface area (Å²) in [6.45, 7) is 38.1. The third-order valence-corrected chi connectivity index (χ3v) is 17.9. The normalized spacial score (nSPS) is 13.7. The van der Waals surface area contributed by atoms with Crippen molar-refractivity contribution in [2.45, 2.75) is 132 Å². The van der Waals surface area contributed by atoms with E-state index < -0.39 is 0 Å². The molecular formula is C52H62N2S2. The van der Waals surface area contributed by atoms with Gasteiger partial charge in [0.05, 0.1) is 31.8 Å². The first-order valence-corrected chi connectivity index (χ1v) is 22.0. The van der Waals surface area contributed by atoms with Gasteiger partial charge in [0.2, 0.25) is 0 Å². The third kappa shape index (κ3) is 6.16. The fraction of sp³-hybridized carbons (Fsp3) is 0.423. The van der Waals surface area contributed by atoms with Crippen LogP contribution in [0.5, 0.6) is 0 Å². The molecule has 4 aromatic carbocycles. The largest absolute Gasteiger partial charge is 0.244 e. The number of aryl methyl sites for hydroxylation is 2. The van der Waals surface area contributed by atoms with Crippen LogP contribution in [0.15, 0.2) is 84.9 Å². The van der Waals surface area contributed by atoms with Crippen LogP contribution in [0.3, 0.4) is 0 Å². The summed E-state index contributed by atoms with van der Waals surface area (Å²) < 4.78 is 2.86. The molecule has 0 saturated heterocycles. The van der Waals surface area contributed by atoms with Crippen LogP contribution in [-0.4, -0.2) is 9.97 Å². The zero-order valence-electron chi connectivity index (χ0n) is 36.8. The van der Waals surface area contributed by atoms with Gasteiger partial charge in [0, 0.05) is 37.1 Å². The maximum absolute atomic E-state index is 5.75. The van der Waals surface area contributed by atoms with Crippen molar-refractivity contribution in [3.63, 3.8) is 0 Å². The molecule has 0 aliphatic rings. The average molecular weight is 779 g/mol. The molecule has 4 heteroatoms. The first-order chi connectivity index (χ1) is 25.9. The standard InChI is InChI=1S/C52H62N2S2/c1-31-32(2)36-30-40(56-46(36)45-35(31)29-39(55-45)51(13,14)48(6,7)8)52(15,16)50(11,12)38-28-27-37(49(9,10)47(3,4)5)43-44(38)54-42(34-25-21-18-22-26-34)41(53-43)33-23-19-17-20-24-33/h17-30H,1-16H3. The Balaban J connectivity index is 1.49. The molecule has 7 aromatic rings. The summed E-state index contributed by atoms with van der Waals surface area (Å²) in [5.74, 6) is 0. The van der Waals surface area contributed by atoms with Gasteiger partial charge < -0.3 is 0 Å². The van der Waals surface area contributed by atoms with E-state index in [4.69, 9.17) is 9.97 Å². The Kier molecular flexibility index (Phi) is 9.62. The van der Waals surface area contributed by atoms with Crippen LogP contribution in [0.1, 0.15) is 129 Å². The van der Waals surface area contributed by atoms with Gasteiger partial charge in [-0.3, -0.25) is 0 Å². The Morgan fingerprint density at radius 3 is 1.14 bits per heavy atom. The second-order valence-corrected chi connectivity index (χ2v) is 22.6. The van der Waals surface area contributed by atoms with Crippen LogP contribution < -0.4 is 0 Å². The Labute approximate surface area is 344 Å². The van der Waals surface area contributed by atoms with Crippen LogP contribution >= 0.6 is 22.7 Å². The molecule has 0 fully saturated rings. The van der Waals surface area contributed by atoms with Crippen molar-refractivity contribution in [1.82, 2.24) is 9.97 Å². The van der Waals surface area contributed by atoms with Gasteiger partial charge in [-0.1, -0.05) is 170 Å². The van der Waals surface area contributed by atoms with E-state index in [9.17, 15) is 0 Å². The van der Waals surface area contributed by atoms with Crippen molar-refractivity contribution in [1.29, 1.82) is 0 Å².